The minimum absolute atomic E-state index is 0.00924. The van der Waals surface area contributed by atoms with E-state index in [4.69, 9.17) is 5.11 Å². The molecule has 6 nitrogen and oxygen atoms in total. The number of benzene rings is 1. The van der Waals surface area contributed by atoms with Gasteiger partial charge >= 0.3 is 12.6 Å². The van der Waals surface area contributed by atoms with Crippen LogP contribution in [0.25, 0.3) is 5.69 Å². The van der Waals surface area contributed by atoms with Gasteiger partial charge in [0, 0.05) is 0 Å². The normalized spacial score (nSPS) is 10.7. The molecular formula is C11H9F2N3O3. The van der Waals surface area contributed by atoms with Crippen molar-refractivity contribution in [3.8, 4) is 11.4 Å². The maximum Gasteiger partial charge on any atom is 0.387 e. The average Bonchev–Trinajstić information content (AvgIpc) is 2.72. The van der Waals surface area contributed by atoms with Gasteiger partial charge in [-0.2, -0.15) is 8.78 Å². The van der Waals surface area contributed by atoms with Crippen LogP contribution in [0.1, 0.15) is 16.4 Å². The standard InChI is InChI=1S/C11H9F2N3O3/c1-6-14-9(10(17)18)15-16(6)7-2-4-8(5-3-7)19-11(12)13/h2-5,11H,1H3,(H,17,18). The van der Waals surface area contributed by atoms with E-state index < -0.39 is 12.6 Å². The minimum atomic E-state index is -2.89. The van der Waals surface area contributed by atoms with Crippen LogP contribution in [0.5, 0.6) is 5.75 Å². The van der Waals surface area contributed by atoms with Crippen molar-refractivity contribution in [3.05, 3.63) is 35.9 Å². The Morgan fingerprint density at radius 2 is 2.00 bits per heavy atom. The highest BCUT2D eigenvalue weighted by Crippen LogP contribution is 2.17. The van der Waals surface area contributed by atoms with Crippen molar-refractivity contribution in [2.75, 3.05) is 0 Å². The summed E-state index contributed by atoms with van der Waals surface area (Å²) in [6.07, 6.45) is 0. The first-order chi connectivity index (χ1) is 8.97. The predicted octanol–water partition coefficient (Wildman–Crippen LogP) is 1.88. The first-order valence-corrected chi connectivity index (χ1v) is 5.19. The number of aromatic nitrogens is 3. The van der Waals surface area contributed by atoms with Crippen molar-refractivity contribution >= 4 is 5.97 Å². The zero-order valence-corrected chi connectivity index (χ0v) is 9.75. The van der Waals surface area contributed by atoms with E-state index in [1.54, 1.807) is 6.92 Å². The lowest BCUT2D eigenvalue weighted by Gasteiger charge is -2.06. The summed E-state index contributed by atoms with van der Waals surface area (Å²) >= 11 is 0. The first kappa shape index (κ1) is 12.9. The highest BCUT2D eigenvalue weighted by molar-refractivity contribution is 5.83. The third-order valence-electron chi connectivity index (χ3n) is 2.27. The van der Waals surface area contributed by atoms with E-state index >= 15 is 0 Å². The molecule has 100 valence electrons. The number of rotatable bonds is 4. The lowest BCUT2D eigenvalue weighted by atomic mass is 10.3. The second kappa shape index (κ2) is 5.01. The molecule has 0 bridgehead atoms. The Kier molecular flexibility index (Phi) is 3.41. The van der Waals surface area contributed by atoms with Crippen LogP contribution < -0.4 is 4.74 Å². The molecule has 0 aliphatic carbocycles. The monoisotopic (exact) mass is 269 g/mol. The van der Waals surface area contributed by atoms with Crippen LogP contribution in [0.3, 0.4) is 0 Å². The van der Waals surface area contributed by atoms with Gasteiger partial charge in [-0.25, -0.2) is 14.5 Å². The molecule has 0 unspecified atom stereocenters. The van der Waals surface area contributed by atoms with E-state index in [0.29, 0.717) is 11.5 Å². The van der Waals surface area contributed by atoms with Crippen molar-refractivity contribution in [2.45, 2.75) is 13.5 Å². The predicted molar refractivity (Wildman–Crippen MR) is 59.7 cm³/mol. The topological polar surface area (TPSA) is 77.2 Å². The molecule has 1 N–H and O–H groups in total. The summed E-state index contributed by atoms with van der Waals surface area (Å²) in [5.74, 6) is -1.18. The number of carbonyl (C=O) groups is 1. The summed E-state index contributed by atoms with van der Waals surface area (Å²) < 4.78 is 29.5. The van der Waals surface area contributed by atoms with Crippen molar-refractivity contribution in [2.24, 2.45) is 0 Å². The number of ether oxygens (including phenoxy) is 1. The van der Waals surface area contributed by atoms with Crippen LogP contribution >= 0.6 is 0 Å². The SMILES string of the molecule is Cc1nc(C(=O)O)nn1-c1ccc(OC(F)F)cc1. The summed E-state index contributed by atoms with van der Waals surface area (Å²) in [5, 5.41) is 12.6. The Balaban J connectivity index is 2.29. The maximum absolute atomic E-state index is 12.0. The Labute approximate surface area is 106 Å². The lowest BCUT2D eigenvalue weighted by Crippen LogP contribution is -2.04. The van der Waals surface area contributed by atoms with Gasteiger partial charge in [-0.15, -0.1) is 5.10 Å². The second-order valence-electron chi connectivity index (χ2n) is 3.57. The highest BCUT2D eigenvalue weighted by Gasteiger charge is 2.13. The molecule has 0 saturated heterocycles. The molecule has 1 aromatic heterocycles. The number of hydrogen-bond donors (Lipinski definition) is 1. The van der Waals surface area contributed by atoms with Gasteiger partial charge < -0.3 is 9.84 Å². The second-order valence-corrected chi connectivity index (χ2v) is 3.57. The number of hydrogen-bond acceptors (Lipinski definition) is 4. The molecule has 8 heteroatoms. The molecule has 0 atom stereocenters. The van der Waals surface area contributed by atoms with Crippen LogP contribution in [0.4, 0.5) is 8.78 Å². The highest BCUT2D eigenvalue weighted by atomic mass is 19.3. The van der Waals surface area contributed by atoms with Gasteiger partial charge in [-0.05, 0) is 31.2 Å². The smallest absolute Gasteiger partial charge is 0.387 e. The van der Waals surface area contributed by atoms with Crippen LogP contribution in [-0.4, -0.2) is 32.5 Å². The van der Waals surface area contributed by atoms with Crippen molar-refractivity contribution < 1.29 is 23.4 Å². The van der Waals surface area contributed by atoms with Gasteiger partial charge in [-0.1, -0.05) is 0 Å². The molecule has 0 spiro atoms. The Morgan fingerprint density at radius 3 is 2.47 bits per heavy atom. The molecule has 0 amide bonds. The summed E-state index contributed by atoms with van der Waals surface area (Å²) in [5.41, 5.74) is 0.499. The van der Waals surface area contributed by atoms with Gasteiger partial charge in [0.15, 0.2) is 0 Å². The van der Waals surface area contributed by atoms with Crippen LogP contribution in [0.15, 0.2) is 24.3 Å². The molecule has 0 aliphatic rings. The van der Waals surface area contributed by atoms with Crippen LogP contribution in [0, 0.1) is 6.92 Å². The largest absolute Gasteiger partial charge is 0.475 e. The number of aryl methyl sites for hydroxylation is 1. The van der Waals surface area contributed by atoms with E-state index in [0.717, 1.165) is 0 Å². The molecule has 1 heterocycles. The van der Waals surface area contributed by atoms with Crippen LogP contribution in [-0.2, 0) is 0 Å². The van der Waals surface area contributed by atoms with E-state index in [1.165, 1.54) is 28.9 Å². The van der Waals surface area contributed by atoms with Crippen molar-refractivity contribution in [3.63, 3.8) is 0 Å². The van der Waals surface area contributed by atoms with E-state index in [2.05, 4.69) is 14.8 Å². The van der Waals surface area contributed by atoms with Gasteiger partial charge in [0.1, 0.15) is 11.6 Å². The number of aromatic carboxylic acids is 1. The minimum Gasteiger partial charge on any atom is -0.475 e. The third-order valence-corrected chi connectivity index (χ3v) is 2.27. The van der Waals surface area contributed by atoms with Gasteiger partial charge in [-0.3, -0.25) is 0 Å². The van der Waals surface area contributed by atoms with Gasteiger partial charge in [0.05, 0.1) is 5.69 Å². The van der Waals surface area contributed by atoms with Crippen molar-refractivity contribution in [1.82, 2.24) is 14.8 Å². The number of alkyl halides is 2. The Bertz CT molecular complexity index is 596. The molecule has 2 rings (SSSR count). The number of carboxylic acid groups (broad SMARTS) is 1. The molecule has 0 aliphatic heterocycles. The molecule has 0 fully saturated rings. The van der Waals surface area contributed by atoms with Crippen molar-refractivity contribution in [1.29, 1.82) is 0 Å². The van der Waals surface area contributed by atoms with Gasteiger partial charge in [0.25, 0.3) is 5.82 Å². The van der Waals surface area contributed by atoms with E-state index in [1.807, 2.05) is 0 Å². The number of carboxylic acids is 1. The molecule has 1 aromatic carbocycles. The molecule has 0 saturated carbocycles. The zero-order valence-electron chi connectivity index (χ0n) is 9.75. The first-order valence-electron chi connectivity index (χ1n) is 5.19. The average molecular weight is 269 g/mol. The molecule has 0 radical (unpaired) electrons. The van der Waals surface area contributed by atoms with E-state index in [9.17, 15) is 13.6 Å². The quantitative estimate of drug-likeness (QED) is 0.916. The fraction of sp³-hybridized carbons (Fsp3) is 0.182. The fourth-order valence-electron chi connectivity index (χ4n) is 1.49. The van der Waals surface area contributed by atoms with E-state index in [-0.39, 0.29) is 11.6 Å². The Morgan fingerprint density at radius 1 is 1.37 bits per heavy atom. The van der Waals surface area contributed by atoms with Crippen LogP contribution in [0.2, 0.25) is 0 Å². The molecule has 19 heavy (non-hydrogen) atoms. The summed E-state index contributed by atoms with van der Waals surface area (Å²) in [4.78, 5) is 14.5. The molecular weight excluding hydrogens is 260 g/mol. The third kappa shape index (κ3) is 2.84. The maximum atomic E-state index is 12.0. The summed E-state index contributed by atoms with van der Waals surface area (Å²) in [7, 11) is 0. The fourth-order valence-corrected chi connectivity index (χ4v) is 1.49. The molecule has 2 aromatic rings. The number of nitrogens with zero attached hydrogens (tertiary/aromatic N) is 3. The number of halogens is 2. The summed E-state index contributed by atoms with van der Waals surface area (Å²) in [6.45, 7) is -1.30. The van der Waals surface area contributed by atoms with Gasteiger partial charge in [0.2, 0.25) is 0 Å². The zero-order chi connectivity index (χ0) is 14.0. The lowest BCUT2D eigenvalue weighted by molar-refractivity contribution is -0.0498. The summed E-state index contributed by atoms with van der Waals surface area (Å²) in [6, 6.07) is 5.63. The Hall–Kier alpha value is -2.51.